The van der Waals surface area contributed by atoms with E-state index in [1.54, 1.807) is 16.9 Å². The van der Waals surface area contributed by atoms with E-state index in [2.05, 4.69) is 15.6 Å². The number of aromatic nitrogens is 3. The third-order valence-electron chi connectivity index (χ3n) is 5.16. The van der Waals surface area contributed by atoms with Gasteiger partial charge in [0.1, 0.15) is 0 Å². The van der Waals surface area contributed by atoms with E-state index in [1.165, 1.54) is 0 Å². The van der Waals surface area contributed by atoms with E-state index in [0.29, 0.717) is 11.3 Å². The number of carbonyl (C=O) groups excluding carboxylic acids is 2. The van der Waals surface area contributed by atoms with Gasteiger partial charge in [0, 0.05) is 13.1 Å². The van der Waals surface area contributed by atoms with Crippen molar-refractivity contribution in [3.05, 3.63) is 71.0 Å². The van der Waals surface area contributed by atoms with Crippen molar-refractivity contribution in [2.24, 2.45) is 0 Å². The first kappa shape index (κ1) is 18.9. The molecule has 1 aliphatic rings. The van der Waals surface area contributed by atoms with Gasteiger partial charge in [-0.3, -0.25) is 9.59 Å². The molecule has 0 atom stereocenters. The highest BCUT2D eigenvalue weighted by atomic mass is 16.2. The van der Waals surface area contributed by atoms with Crippen molar-refractivity contribution in [3.8, 4) is 5.69 Å². The number of benzene rings is 2. The Morgan fingerprint density at radius 3 is 2.45 bits per heavy atom. The molecular formula is C22H23N5O2. The number of para-hydroxylation sites is 1. The lowest BCUT2D eigenvalue weighted by Gasteiger charge is -2.19. The molecule has 1 N–H and O–H groups in total. The van der Waals surface area contributed by atoms with E-state index in [4.69, 9.17) is 0 Å². The van der Waals surface area contributed by atoms with Crippen molar-refractivity contribution >= 4 is 17.5 Å². The number of nitrogens with zero attached hydrogens (tertiary/aromatic N) is 4. The van der Waals surface area contributed by atoms with Crippen molar-refractivity contribution in [1.82, 2.24) is 19.9 Å². The maximum atomic E-state index is 12.9. The highest BCUT2D eigenvalue weighted by Crippen LogP contribution is 2.24. The van der Waals surface area contributed by atoms with Gasteiger partial charge in [-0.1, -0.05) is 35.0 Å². The van der Waals surface area contributed by atoms with Gasteiger partial charge < -0.3 is 10.2 Å². The lowest BCUT2D eigenvalue weighted by molar-refractivity contribution is 0.0793. The fourth-order valence-electron chi connectivity index (χ4n) is 3.47. The summed E-state index contributed by atoms with van der Waals surface area (Å²) in [6.45, 7) is 5.39. The minimum absolute atomic E-state index is 0.0511. The molecular weight excluding hydrogens is 366 g/mol. The van der Waals surface area contributed by atoms with Crippen LogP contribution in [0.3, 0.4) is 0 Å². The summed E-state index contributed by atoms with van der Waals surface area (Å²) in [4.78, 5) is 27.5. The largest absolute Gasteiger partial charge is 0.339 e. The standard InChI is InChI=1S/C22H23N5O2/c1-15-8-10-17(11-9-15)27-14-19(24-25-27)21(28)23-20-16(2)6-5-7-18(20)22(29)26-12-3-4-13-26/h5-11,14H,3-4,12-13H2,1-2H3,(H,23,28). The van der Waals surface area contributed by atoms with Crippen LogP contribution in [0.15, 0.2) is 48.7 Å². The smallest absolute Gasteiger partial charge is 0.277 e. The van der Waals surface area contributed by atoms with Crippen LogP contribution in [0, 0.1) is 13.8 Å². The third kappa shape index (κ3) is 3.89. The lowest BCUT2D eigenvalue weighted by atomic mass is 10.1. The molecule has 2 aromatic carbocycles. The van der Waals surface area contributed by atoms with E-state index >= 15 is 0 Å². The summed E-state index contributed by atoms with van der Waals surface area (Å²) in [5.41, 5.74) is 4.01. The number of aryl methyl sites for hydroxylation is 2. The fourth-order valence-corrected chi connectivity index (χ4v) is 3.47. The molecule has 2 heterocycles. The van der Waals surface area contributed by atoms with Crippen molar-refractivity contribution in [2.75, 3.05) is 18.4 Å². The molecule has 0 radical (unpaired) electrons. The van der Waals surface area contributed by atoms with Crippen LogP contribution in [-0.4, -0.2) is 44.8 Å². The van der Waals surface area contributed by atoms with E-state index in [9.17, 15) is 9.59 Å². The molecule has 0 aliphatic carbocycles. The van der Waals surface area contributed by atoms with Crippen LogP contribution in [0.1, 0.15) is 44.8 Å². The number of likely N-dealkylation sites (tertiary alicyclic amines) is 1. The molecule has 0 saturated carbocycles. The number of carbonyl (C=O) groups is 2. The van der Waals surface area contributed by atoms with Crippen LogP contribution in [-0.2, 0) is 0 Å². The zero-order valence-electron chi connectivity index (χ0n) is 16.6. The monoisotopic (exact) mass is 389 g/mol. The van der Waals surface area contributed by atoms with Gasteiger partial charge in [-0.05, 0) is 50.5 Å². The Bertz CT molecular complexity index is 1050. The first-order valence-electron chi connectivity index (χ1n) is 9.72. The summed E-state index contributed by atoms with van der Waals surface area (Å²) in [6.07, 6.45) is 3.61. The van der Waals surface area contributed by atoms with E-state index in [0.717, 1.165) is 42.7 Å². The molecule has 1 fully saturated rings. The van der Waals surface area contributed by atoms with Crippen molar-refractivity contribution in [1.29, 1.82) is 0 Å². The second-order valence-electron chi connectivity index (χ2n) is 7.33. The average molecular weight is 389 g/mol. The topological polar surface area (TPSA) is 80.1 Å². The number of rotatable bonds is 4. The van der Waals surface area contributed by atoms with E-state index in [-0.39, 0.29) is 11.6 Å². The predicted molar refractivity (Wildman–Crippen MR) is 110 cm³/mol. The van der Waals surface area contributed by atoms with Crippen LogP contribution < -0.4 is 5.32 Å². The number of amides is 2. The molecule has 7 nitrogen and oxygen atoms in total. The Hall–Kier alpha value is -3.48. The molecule has 1 aliphatic heterocycles. The first-order chi connectivity index (χ1) is 14.0. The highest BCUT2D eigenvalue weighted by molar-refractivity contribution is 6.08. The maximum Gasteiger partial charge on any atom is 0.277 e. The maximum absolute atomic E-state index is 12.9. The van der Waals surface area contributed by atoms with Gasteiger partial charge in [0.05, 0.1) is 23.1 Å². The van der Waals surface area contributed by atoms with Gasteiger partial charge in [-0.25, -0.2) is 4.68 Å². The Labute approximate surface area is 169 Å². The Morgan fingerprint density at radius 2 is 1.72 bits per heavy atom. The number of anilines is 1. The van der Waals surface area contributed by atoms with Gasteiger partial charge in [-0.15, -0.1) is 5.10 Å². The second-order valence-corrected chi connectivity index (χ2v) is 7.33. The summed E-state index contributed by atoms with van der Waals surface area (Å²) in [6, 6.07) is 13.2. The van der Waals surface area contributed by atoms with E-state index in [1.807, 2.05) is 55.1 Å². The van der Waals surface area contributed by atoms with Gasteiger partial charge >= 0.3 is 0 Å². The molecule has 7 heteroatoms. The number of hydrogen-bond acceptors (Lipinski definition) is 4. The molecule has 1 aromatic heterocycles. The van der Waals surface area contributed by atoms with Gasteiger partial charge in [0.15, 0.2) is 5.69 Å². The summed E-state index contributed by atoms with van der Waals surface area (Å²) in [5, 5.41) is 10.9. The Balaban J connectivity index is 1.57. The van der Waals surface area contributed by atoms with Crippen molar-refractivity contribution in [2.45, 2.75) is 26.7 Å². The van der Waals surface area contributed by atoms with Gasteiger partial charge in [0.2, 0.25) is 0 Å². The fraction of sp³-hybridized carbons (Fsp3) is 0.273. The molecule has 0 unspecified atom stereocenters. The summed E-state index contributed by atoms with van der Waals surface area (Å²) < 4.78 is 1.56. The Kier molecular flexibility index (Phi) is 5.12. The zero-order valence-corrected chi connectivity index (χ0v) is 16.6. The van der Waals surface area contributed by atoms with Crippen molar-refractivity contribution in [3.63, 3.8) is 0 Å². The summed E-state index contributed by atoms with van der Waals surface area (Å²) >= 11 is 0. The minimum Gasteiger partial charge on any atom is -0.339 e. The van der Waals surface area contributed by atoms with Gasteiger partial charge in [0.25, 0.3) is 11.8 Å². The van der Waals surface area contributed by atoms with Crippen LogP contribution in [0.5, 0.6) is 0 Å². The predicted octanol–water partition coefficient (Wildman–Crippen LogP) is 3.37. The normalized spacial score (nSPS) is 13.5. The van der Waals surface area contributed by atoms with Gasteiger partial charge in [-0.2, -0.15) is 0 Å². The van der Waals surface area contributed by atoms with Crippen LogP contribution in [0.25, 0.3) is 5.69 Å². The second kappa shape index (κ2) is 7.87. The molecule has 4 rings (SSSR count). The summed E-state index contributed by atoms with van der Waals surface area (Å²) in [7, 11) is 0. The minimum atomic E-state index is -0.395. The van der Waals surface area contributed by atoms with Crippen LogP contribution >= 0.6 is 0 Å². The number of nitrogens with one attached hydrogen (secondary N) is 1. The SMILES string of the molecule is Cc1ccc(-n2cc(C(=O)Nc3c(C)cccc3C(=O)N3CCCC3)nn2)cc1. The number of hydrogen-bond donors (Lipinski definition) is 1. The molecule has 0 bridgehead atoms. The van der Waals surface area contributed by atoms with Crippen LogP contribution in [0.2, 0.25) is 0 Å². The summed E-state index contributed by atoms with van der Waals surface area (Å²) in [5.74, 6) is -0.446. The molecule has 2 amide bonds. The van der Waals surface area contributed by atoms with Crippen molar-refractivity contribution < 1.29 is 9.59 Å². The molecule has 1 saturated heterocycles. The third-order valence-corrected chi connectivity index (χ3v) is 5.16. The molecule has 0 spiro atoms. The van der Waals surface area contributed by atoms with Crippen LogP contribution in [0.4, 0.5) is 5.69 Å². The molecule has 148 valence electrons. The Morgan fingerprint density at radius 1 is 1.00 bits per heavy atom. The molecule has 29 heavy (non-hydrogen) atoms. The zero-order chi connectivity index (χ0) is 20.4. The quantitative estimate of drug-likeness (QED) is 0.742. The lowest BCUT2D eigenvalue weighted by Crippen LogP contribution is -2.29. The highest BCUT2D eigenvalue weighted by Gasteiger charge is 2.24. The first-order valence-corrected chi connectivity index (χ1v) is 9.72. The molecule has 3 aromatic rings. The average Bonchev–Trinajstić information content (AvgIpc) is 3.42. The van der Waals surface area contributed by atoms with E-state index < -0.39 is 5.91 Å².